The summed E-state index contributed by atoms with van der Waals surface area (Å²) < 4.78 is 38.6. The van der Waals surface area contributed by atoms with E-state index in [1.165, 1.54) is 12.1 Å². The highest BCUT2D eigenvalue weighted by atomic mass is 19.4. The van der Waals surface area contributed by atoms with Gasteiger partial charge in [0.1, 0.15) is 0 Å². The molecule has 2 rings (SSSR count). The number of nitrogens with zero attached hydrogens (tertiary/aromatic N) is 4. The maximum atomic E-state index is 12.9. The molecule has 100 valence electrons. The van der Waals surface area contributed by atoms with Crippen molar-refractivity contribution in [1.82, 2.24) is 20.4 Å². The molecule has 19 heavy (non-hydrogen) atoms. The fraction of sp³-hybridized carbons (Fsp3) is 0.273. The SMILES string of the molecule is Cc1nnc(-c2ccc(CN)c(C(F)(F)F)c2)nn1. The van der Waals surface area contributed by atoms with Crippen LogP contribution in [-0.2, 0) is 12.7 Å². The van der Waals surface area contributed by atoms with E-state index in [0.29, 0.717) is 5.82 Å². The third-order valence-electron chi connectivity index (χ3n) is 2.47. The van der Waals surface area contributed by atoms with Crippen molar-refractivity contribution in [3.63, 3.8) is 0 Å². The van der Waals surface area contributed by atoms with Gasteiger partial charge < -0.3 is 5.73 Å². The Morgan fingerprint density at radius 3 is 2.26 bits per heavy atom. The van der Waals surface area contributed by atoms with Gasteiger partial charge in [-0.3, -0.25) is 0 Å². The molecule has 2 aromatic rings. The molecule has 0 aliphatic carbocycles. The summed E-state index contributed by atoms with van der Waals surface area (Å²) in [4.78, 5) is 0. The van der Waals surface area contributed by atoms with Gasteiger partial charge in [-0.25, -0.2) is 0 Å². The first-order chi connectivity index (χ1) is 8.91. The first kappa shape index (κ1) is 13.3. The highest BCUT2D eigenvalue weighted by molar-refractivity contribution is 5.57. The van der Waals surface area contributed by atoms with E-state index in [1.54, 1.807) is 6.92 Å². The van der Waals surface area contributed by atoms with Crippen molar-refractivity contribution in [3.05, 3.63) is 35.2 Å². The lowest BCUT2D eigenvalue weighted by Crippen LogP contribution is -2.12. The van der Waals surface area contributed by atoms with Crippen molar-refractivity contribution in [1.29, 1.82) is 0 Å². The van der Waals surface area contributed by atoms with E-state index in [4.69, 9.17) is 5.73 Å². The second-order valence-corrected chi connectivity index (χ2v) is 3.84. The van der Waals surface area contributed by atoms with Crippen LogP contribution in [0, 0.1) is 6.92 Å². The van der Waals surface area contributed by atoms with Gasteiger partial charge in [-0.05, 0) is 18.6 Å². The monoisotopic (exact) mass is 269 g/mol. The smallest absolute Gasteiger partial charge is 0.326 e. The van der Waals surface area contributed by atoms with Crippen molar-refractivity contribution >= 4 is 0 Å². The summed E-state index contributed by atoms with van der Waals surface area (Å²) in [6.07, 6.45) is -4.48. The minimum absolute atomic E-state index is 0.0179. The maximum absolute atomic E-state index is 12.9. The molecule has 0 aliphatic heterocycles. The third kappa shape index (κ3) is 2.84. The Bertz CT molecular complexity index is 580. The van der Waals surface area contributed by atoms with Crippen LogP contribution in [0.2, 0.25) is 0 Å². The van der Waals surface area contributed by atoms with Crippen LogP contribution in [0.5, 0.6) is 0 Å². The molecule has 1 aromatic carbocycles. The summed E-state index contributed by atoms with van der Waals surface area (Å²) in [6, 6.07) is 3.73. The van der Waals surface area contributed by atoms with Crippen molar-refractivity contribution < 1.29 is 13.2 Å². The molecule has 0 unspecified atom stereocenters. The standard InChI is InChI=1S/C11H10F3N5/c1-6-16-18-10(19-17-6)7-2-3-8(5-15)9(4-7)11(12,13)14/h2-4H,5,15H2,1H3. The fourth-order valence-corrected chi connectivity index (χ4v) is 1.55. The lowest BCUT2D eigenvalue weighted by molar-refractivity contribution is -0.138. The van der Waals surface area contributed by atoms with Gasteiger partial charge in [0.15, 0.2) is 5.82 Å². The molecular formula is C11H10F3N5. The van der Waals surface area contributed by atoms with E-state index in [2.05, 4.69) is 20.4 Å². The summed E-state index contributed by atoms with van der Waals surface area (Å²) in [5.74, 6) is 0.387. The number of nitrogens with two attached hydrogens (primary N) is 1. The van der Waals surface area contributed by atoms with E-state index >= 15 is 0 Å². The number of halogens is 3. The van der Waals surface area contributed by atoms with Gasteiger partial charge in [0.25, 0.3) is 0 Å². The topological polar surface area (TPSA) is 77.6 Å². The zero-order valence-electron chi connectivity index (χ0n) is 9.94. The molecule has 0 saturated carbocycles. The highest BCUT2D eigenvalue weighted by Crippen LogP contribution is 2.34. The zero-order valence-corrected chi connectivity index (χ0v) is 9.94. The lowest BCUT2D eigenvalue weighted by Gasteiger charge is -2.12. The van der Waals surface area contributed by atoms with Crippen molar-refractivity contribution in [2.75, 3.05) is 0 Å². The molecule has 1 aromatic heterocycles. The van der Waals surface area contributed by atoms with Gasteiger partial charge in [-0.15, -0.1) is 20.4 Å². The van der Waals surface area contributed by atoms with Crippen LogP contribution in [0.4, 0.5) is 13.2 Å². The average molecular weight is 269 g/mol. The van der Waals surface area contributed by atoms with Gasteiger partial charge in [0.2, 0.25) is 5.82 Å². The summed E-state index contributed by atoms with van der Waals surface area (Å²) in [5.41, 5.74) is 4.72. The first-order valence-electron chi connectivity index (χ1n) is 5.36. The number of hydrogen-bond donors (Lipinski definition) is 1. The molecule has 0 radical (unpaired) electrons. The van der Waals surface area contributed by atoms with E-state index in [0.717, 1.165) is 6.07 Å². The number of benzene rings is 1. The first-order valence-corrected chi connectivity index (χ1v) is 5.36. The number of alkyl halides is 3. The van der Waals surface area contributed by atoms with Crippen LogP contribution in [0.15, 0.2) is 18.2 Å². The maximum Gasteiger partial charge on any atom is 0.416 e. The number of hydrogen-bond acceptors (Lipinski definition) is 5. The normalized spacial score (nSPS) is 11.6. The van der Waals surface area contributed by atoms with E-state index < -0.39 is 11.7 Å². The molecule has 0 aliphatic rings. The molecule has 2 N–H and O–H groups in total. The Morgan fingerprint density at radius 2 is 1.74 bits per heavy atom. The van der Waals surface area contributed by atoms with Gasteiger partial charge in [0, 0.05) is 12.1 Å². The number of rotatable bonds is 2. The van der Waals surface area contributed by atoms with Crippen LogP contribution >= 0.6 is 0 Å². The van der Waals surface area contributed by atoms with Crippen LogP contribution in [0.1, 0.15) is 17.0 Å². The molecule has 0 atom stereocenters. The van der Waals surface area contributed by atoms with Gasteiger partial charge in [0.05, 0.1) is 5.56 Å². The Labute approximate surface area is 106 Å². The fourth-order valence-electron chi connectivity index (χ4n) is 1.55. The molecular weight excluding hydrogens is 259 g/mol. The predicted octanol–water partition coefficient (Wildman–Crippen LogP) is 1.72. The van der Waals surface area contributed by atoms with Gasteiger partial charge >= 0.3 is 6.18 Å². The minimum Gasteiger partial charge on any atom is -0.326 e. The quantitative estimate of drug-likeness (QED) is 0.898. The molecule has 8 heteroatoms. The van der Waals surface area contributed by atoms with Crippen molar-refractivity contribution in [3.8, 4) is 11.4 Å². The van der Waals surface area contributed by atoms with Crippen LogP contribution in [-0.4, -0.2) is 20.4 Å². The van der Waals surface area contributed by atoms with Gasteiger partial charge in [-0.2, -0.15) is 13.2 Å². The average Bonchev–Trinajstić information content (AvgIpc) is 2.38. The summed E-state index contributed by atoms with van der Waals surface area (Å²) >= 11 is 0. The molecule has 0 bridgehead atoms. The third-order valence-corrected chi connectivity index (χ3v) is 2.47. The van der Waals surface area contributed by atoms with E-state index in [9.17, 15) is 13.2 Å². The molecule has 1 heterocycles. The summed E-state index contributed by atoms with van der Waals surface area (Å²) in [6.45, 7) is 1.39. The largest absolute Gasteiger partial charge is 0.416 e. The second-order valence-electron chi connectivity index (χ2n) is 3.84. The molecule has 0 fully saturated rings. The summed E-state index contributed by atoms with van der Waals surface area (Å²) in [7, 11) is 0. The Hall–Kier alpha value is -2.09. The van der Waals surface area contributed by atoms with Crippen LogP contribution in [0.25, 0.3) is 11.4 Å². The highest BCUT2D eigenvalue weighted by Gasteiger charge is 2.33. The van der Waals surface area contributed by atoms with E-state index in [-0.39, 0.29) is 23.5 Å². The molecule has 0 amide bonds. The Kier molecular flexibility index (Phi) is 3.43. The summed E-state index contributed by atoms with van der Waals surface area (Å²) in [5, 5.41) is 14.7. The van der Waals surface area contributed by atoms with Crippen LogP contribution in [0.3, 0.4) is 0 Å². The lowest BCUT2D eigenvalue weighted by atomic mass is 10.0. The number of aromatic nitrogens is 4. The van der Waals surface area contributed by atoms with Gasteiger partial charge in [-0.1, -0.05) is 12.1 Å². The van der Waals surface area contributed by atoms with E-state index in [1.807, 2.05) is 0 Å². The zero-order chi connectivity index (χ0) is 14.0. The minimum atomic E-state index is -4.48. The Balaban J connectivity index is 2.52. The predicted molar refractivity (Wildman–Crippen MR) is 60.7 cm³/mol. The van der Waals surface area contributed by atoms with Crippen molar-refractivity contribution in [2.45, 2.75) is 19.6 Å². The molecule has 0 saturated heterocycles. The molecule has 5 nitrogen and oxygen atoms in total. The number of aryl methyl sites for hydroxylation is 1. The van der Waals surface area contributed by atoms with Crippen molar-refractivity contribution in [2.24, 2.45) is 5.73 Å². The Morgan fingerprint density at radius 1 is 1.11 bits per heavy atom. The second kappa shape index (κ2) is 4.88. The van der Waals surface area contributed by atoms with Crippen LogP contribution < -0.4 is 5.73 Å². The molecule has 0 spiro atoms.